The number of rotatable bonds is 6. The van der Waals surface area contributed by atoms with Gasteiger partial charge in [0.1, 0.15) is 11.0 Å². The van der Waals surface area contributed by atoms with Gasteiger partial charge >= 0.3 is 5.97 Å². The molecule has 2 aromatic rings. The van der Waals surface area contributed by atoms with Crippen LogP contribution in [0.1, 0.15) is 23.3 Å². The van der Waals surface area contributed by atoms with Crippen LogP contribution in [0.5, 0.6) is 5.75 Å². The van der Waals surface area contributed by atoms with Crippen molar-refractivity contribution in [2.24, 2.45) is 0 Å². The molecule has 136 valence electrons. The number of likely N-dealkylation sites (N-methyl/N-ethyl adjacent to an activating group) is 1. The number of amides is 1. The first-order chi connectivity index (χ1) is 12.5. The predicted octanol–water partition coefficient (Wildman–Crippen LogP) is 3.61. The van der Waals surface area contributed by atoms with Crippen molar-refractivity contribution >= 4 is 29.3 Å². The maximum absolute atomic E-state index is 12.7. The summed E-state index contributed by atoms with van der Waals surface area (Å²) >= 11 is 1.42. The lowest BCUT2D eigenvalue weighted by molar-refractivity contribution is -0.142. The van der Waals surface area contributed by atoms with Gasteiger partial charge in [-0.1, -0.05) is 12.1 Å². The van der Waals surface area contributed by atoms with Crippen LogP contribution in [0.25, 0.3) is 0 Å². The van der Waals surface area contributed by atoms with Crippen molar-refractivity contribution in [3.8, 4) is 5.75 Å². The largest absolute Gasteiger partial charge is 0.497 e. The lowest BCUT2D eigenvalue weighted by Crippen LogP contribution is -2.20. The van der Waals surface area contributed by atoms with Crippen molar-refractivity contribution in [2.45, 2.75) is 23.5 Å². The molecule has 1 unspecified atom stereocenters. The molecule has 0 fully saturated rings. The van der Waals surface area contributed by atoms with Crippen molar-refractivity contribution in [2.75, 3.05) is 25.7 Å². The van der Waals surface area contributed by atoms with Gasteiger partial charge in [-0.2, -0.15) is 0 Å². The summed E-state index contributed by atoms with van der Waals surface area (Å²) in [5.41, 5.74) is 2.59. The molecular weight excluding hydrogens is 350 g/mol. The van der Waals surface area contributed by atoms with Crippen molar-refractivity contribution < 1.29 is 19.1 Å². The minimum Gasteiger partial charge on any atom is -0.497 e. The van der Waals surface area contributed by atoms with E-state index in [1.54, 1.807) is 26.0 Å². The lowest BCUT2D eigenvalue weighted by atomic mass is 10.0. The van der Waals surface area contributed by atoms with E-state index in [0.717, 1.165) is 27.5 Å². The van der Waals surface area contributed by atoms with E-state index >= 15 is 0 Å². The number of esters is 1. The zero-order chi connectivity index (χ0) is 18.7. The Hall–Kier alpha value is -2.47. The molecule has 1 atom stereocenters. The number of benzene rings is 2. The van der Waals surface area contributed by atoms with Gasteiger partial charge in [0.15, 0.2) is 0 Å². The second-order valence-corrected chi connectivity index (χ2v) is 7.08. The summed E-state index contributed by atoms with van der Waals surface area (Å²) in [4.78, 5) is 27.4. The highest BCUT2D eigenvalue weighted by Gasteiger charge is 2.32. The van der Waals surface area contributed by atoms with Crippen LogP contribution in [0.15, 0.2) is 47.4 Å². The molecule has 6 heteroatoms. The van der Waals surface area contributed by atoms with Gasteiger partial charge in [-0.15, -0.1) is 11.8 Å². The van der Waals surface area contributed by atoms with Gasteiger partial charge in [0.05, 0.1) is 20.1 Å². The van der Waals surface area contributed by atoms with E-state index < -0.39 is 5.25 Å². The number of carbonyl (C=O) groups excluding carboxylic acids is 2. The van der Waals surface area contributed by atoms with Gasteiger partial charge in [-0.25, -0.2) is 0 Å². The molecule has 3 rings (SSSR count). The van der Waals surface area contributed by atoms with E-state index in [1.165, 1.54) is 11.8 Å². The SMILES string of the molecule is CCOC(=O)C(Sc1ccc(OC)cc1)c1cccc2c1CC(=O)N2C. The van der Waals surface area contributed by atoms with Crippen molar-refractivity contribution in [3.05, 3.63) is 53.6 Å². The topological polar surface area (TPSA) is 55.8 Å². The second-order valence-electron chi connectivity index (χ2n) is 5.90. The molecule has 26 heavy (non-hydrogen) atoms. The zero-order valence-electron chi connectivity index (χ0n) is 15.0. The maximum Gasteiger partial charge on any atom is 0.323 e. The number of carbonyl (C=O) groups is 2. The molecule has 1 aliphatic rings. The lowest BCUT2D eigenvalue weighted by Gasteiger charge is -2.19. The molecule has 0 radical (unpaired) electrons. The highest BCUT2D eigenvalue weighted by atomic mass is 32.2. The summed E-state index contributed by atoms with van der Waals surface area (Å²) in [6, 6.07) is 13.2. The average molecular weight is 371 g/mol. The van der Waals surface area contributed by atoms with Crippen molar-refractivity contribution in [1.29, 1.82) is 0 Å². The van der Waals surface area contributed by atoms with Gasteiger partial charge in [-0.05, 0) is 48.4 Å². The molecule has 0 saturated carbocycles. The normalized spacial score (nSPS) is 14.1. The number of thioether (sulfide) groups is 1. The van der Waals surface area contributed by atoms with Crippen LogP contribution in [0, 0.1) is 0 Å². The van der Waals surface area contributed by atoms with Crippen LogP contribution >= 0.6 is 11.8 Å². The average Bonchev–Trinajstić information content (AvgIpc) is 2.95. The first-order valence-corrected chi connectivity index (χ1v) is 9.28. The Bertz CT molecular complexity index is 819. The van der Waals surface area contributed by atoms with Crippen LogP contribution in [-0.4, -0.2) is 32.6 Å². The molecule has 0 N–H and O–H groups in total. The fourth-order valence-corrected chi connectivity index (χ4v) is 4.07. The molecular formula is C20H21NO4S. The number of hydrogen-bond acceptors (Lipinski definition) is 5. The van der Waals surface area contributed by atoms with Gasteiger partial charge in [-0.3, -0.25) is 9.59 Å². The Kier molecular flexibility index (Phi) is 5.52. The Balaban J connectivity index is 1.97. The smallest absolute Gasteiger partial charge is 0.323 e. The van der Waals surface area contributed by atoms with E-state index in [9.17, 15) is 9.59 Å². The summed E-state index contributed by atoms with van der Waals surface area (Å²) in [7, 11) is 3.37. The molecule has 0 saturated heterocycles. The number of anilines is 1. The fraction of sp³-hybridized carbons (Fsp3) is 0.300. The second kappa shape index (κ2) is 7.83. The Morgan fingerprint density at radius 2 is 1.96 bits per heavy atom. The molecule has 1 amide bonds. The van der Waals surface area contributed by atoms with Crippen molar-refractivity contribution in [3.63, 3.8) is 0 Å². The quantitative estimate of drug-likeness (QED) is 0.573. The summed E-state index contributed by atoms with van der Waals surface area (Å²) < 4.78 is 10.5. The highest BCUT2D eigenvalue weighted by molar-refractivity contribution is 8.00. The van der Waals surface area contributed by atoms with E-state index in [2.05, 4.69) is 0 Å². The molecule has 1 aliphatic heterocycles. The summed E-state index contributed by atoms with van der Waals surface area (Å²) in [5, 5.41) is -0.530. The van der Waals surface area contributed by atoms with Crippen LogP contribution in [-0.2, 0) is 20.7 Å². The molecule has 5 nitrogen and oxygen atoms in total. The number of ether oxygens (including phenoxy) is 2. The standard InChI is InChI=1S/C20H21NO4S/c1-4-25-20(23)19(26-14-10-8-13(24-3)9-11-14)15-6-5-7-17-16(15)12-18(22)21(17)2/h5-11,19H,4,12H2,1-3H3. The summed E-state index contributed by atoms with van der Waals surface area (Å²) in [6.45, 7) is 2.10. The molecule has 1 heterocycles. The third kappa shape index (κ3) is 3.55. The van der Waals surface area contributed by atoms with E-state index in [-0.39, 0.29) is 11.9 Å². The van der Waals surface area contributed by atoms with Crippen LogP contribution in [0.2, 0.25) is 0 Å². The summed E-state index contributed by atoms with van der Waals surface area (Å²) in [5.74, 6) is 0.489. The third-order valence-electron chi connectivity index (χ3n) is 4.35. The maximum atomic E-state index is 12.7. The fourth-order valence-electron chi connectivity index (χ4n) is 3.00. The highest BCUT2D eigenvalue weighted by Crippen LogP contribution is 2.42. The number of fused-ring (bicyclic) bond motifs is 1. The van der Waals surface area contributed by atoms with Crippen molar-refractivity contribution in [1.82, 2.24) is 0 Å². The van der Waals surface area contributed by atoms with E-state index in [4.69, 9.17) is 9.47 Å². The van der Waals surface area contributed by atoms with Gasteiger partial charge in [0.2, 0.25) is 5.91 Å². The molecule has 2 aromatic carbocycles. The monoisotopic (exact) mass is 371 g/mol. The molecule has 0 aromatic heterocycles. The minimum atomic E-state index is -0.530. The molecule has 0 aliphatic carbocycles. The number of hydrogen-bond donors (Lipinski definition) is 0. The Morgan fingerprint density at radius 1 is 1.23 bits per heavy atom. The first kappa shape index (κ1) is 18.3. The molecule has 0 spiro atoms. The predicted molar refractivity (Wildman–Crippen MR) is 102 cm³/mol. The zero-order valence-corrected chi connectivity index (χ0v) is 15.8. The van der Waals surface area contributed by atoms with Gasteiger partial charge in [0, 0.05) is 17.6 Å². The third-order valence-corrected chi connectivity index (χ3v) is 5.57. The van der Waals surface area contributed by atoms with Gasteiger partial charge < -0.3 is 14.4 Å². The number of methoxy groups -OCH3 is 1. The summed E-state index contributed by atoms with van der Waals surface area (Å²) in [6.07, 6.45) is 0.307. The Labute approximate surface area is 157 Å². The first-order valence-electron chi connectivity index (χ1n) is 8.40. The van der Waals surface area contributed by atoms with E-state index in [0.29, 0.717) is 13.0 Å². The van der Waals surface area contributed by atoms with Crippen LogP contribution in [0.4, 0.5) is 5.69 Å². The number of nitrogens with zero attached hydrogens (tertiary/aromatic N) is 1. The van der Waals surface area contributed by atoms with Crippen LogP contribution in [0.3, 0.4) is 0 Å². The minimum absolute atomic E-state index is 0.0320. The van der Waals surface area contributed by atoms with E-state index in [1.807, 2.05) is 42.5 Å². The van der Waals surface area contributed by atoms with Crippen LogP contribution < -0.4 is 9.64 Å². The van der Waals surface area contributed by atoms with Gasteiger partial charge in [0.25, 0.3) is 0 Å². The molecule has 0 bridgehead atoms. The Morgan fingerprint density at radius 3 is 2.62 bits per heavy atom.